The van der Waals surface area contributed by atoms with E-state index in [0.29, 0.717) is 12.0 Å². The molecule has 1 N–H and O–H groups in total. The summed E-state index contributed by atoms with van der Waals surface area (Å²) < 4.78 is 0. The van der Waals surface area contributed by atoms with Gasteiger partial charge in [-0.15, -0.1) is 0 Å². The van der Waals surface area contributed by atoms with Gasteiger partial charge in [0.1, 0.15) is 5.82 Å². The topological polar surface area (TPSA) is 37.8 Å². The Morgan fingerprint density at radius 3 is 2.35 bits per heavy atom. The van der Waals surface area contributed by atoms with Crippen molar-refractivity contribution in [1.82, 2.24) is 15.3 Å². The van der Waals surface area contributed by atoms with Crippen LogP contribution in [0.5, 0.6) is 0 Å². The summed E-state index contributed by atoms with van der Waals surface area (Å²) in [7, 11) is 0. The monoisotopic (exact) mass is 275 g/mol. The highest BCUT2D eigenvalue weighted by Crippen LogP contribution is 2.37. The molecule has 0 amide bonds. The van der Waals surface area contributed by atoms with Crippen molar-refractivity contribution in [3.8, 4) is 0 Å². The summed E-state index contributed by atoms with van der Waals surface area (Å²) in [6, 6.07) is 0.341. The quantitative estimate of drug-likeness (QED) is 0.851. The molecule has 3 nitrogen and oxygen atoms in total. The minimum atomic E-state index is 0.341. The zero-order chi connectivity index (χ0) is 14.4. The molecule has 0 saturated heterocycles. The minimum absolute atomic E-state index is 0.341. The molecule has 1 atom stereocenters. The van der Waals surface area contributed by atoms with E-state index in [1.807, 2.05) is 19.3 Å². The Bertz CT molecular complexity index is 380. The second-order valence-corrected chi connectivity index (χ2v) is 6.24. The third-order valence-electron chi connectivity index (χ3n) is 4.63. The van der Waals surface area contributed by atoms with Gasteiger partial charge in [0, 0.05) is 12.4 Å². The Hall–Kier alpha value is -0.960. The maximum Gasteiger partial charge on any atom is 0.145 e. The van der Waals surface area contributed by atoms with E-state index in [1.54, 1.807) is 0 Å². The lowest BCUT2D eigenvalue weighted by Crippen LogP contribution is -2.33. The van der Waals surface area contributed by atoms with Gasteiger partial charge in [0.25, 0.3) is 0 Å². The van der Waals surface area contributed by atoms with E-state index in [2.05, 4.69) is 29.1 Å². The highest BCUT2D eigenvalue weighted by Gasteiger charge is 2.29. The number of hydrogen-bond acceptors (Lipinski definition) is 3. The summed E-state index contributed by atoms with van der Waals surface area (Å²) in [5.74, 6) is 2.63. The van der Waals surface area contributed by atoms with E-state index in [9.17, 15) is 0 Å². The maximum atomic E-state index is 4.57. The molecule has 3 heteroatoms. The van der Waals surface area contributed by atoms with Crippen LogP contribution in [-0.2, 0) is 0 Å². The highest BCUT2D eigenvalue weighted by atomic mass is 15.0. The van der Waals surface area contributed by atoms with Gasteiger partial charge in [0.05, 0.1) is 6.04 Å². The van der Waals surface area contributed by atoms with Gasteiger partial charge in [0.15, 0.2) is 0 Å². The molecule has 1 aliphatic rings. The van der Waals surface area contributed by atoms with E-state index < -0.39 is 0 Å². The van der Waals surface area contributed by atoms with Gasteiger partial charge in [-0.25, -0.2) is 9.97 Å². The number of aromatic nitrogens is 2. The van der Waals surface area contributed by atoms with Crippen LogP contribution in [0.15, 0.2) is 12.4 Å². The Balaban J connectivity index is 2.05. The fraction of sp³-hybridized carbons (Fsp3) is 0.765. The van der Waals surface area contributed by atoms with Crippen molar-refractivity contribution in [2.24, 2.45) is 11.8 Å². The van der Waals surface area contributed by atoms with E-state index in [1.165, 1.54) is 32.1 Å². The van der Waals surface area contributed by atoms with Crippen LogP contribution in [0.4, 0.5) is 0 Å². The number of nitrogens with zero attached hydrogens (tertiary/aromatic N) is 2. The normalized spacial score (nSPS) is 24.6. The Labute approximate surface area is 123 Å². The molecule has 20 heavy (non-hydrogen) atoms. The molecule has 1 aliphatic carbocycles. The smallest absolute Gasteiger partial charge is 0.145 e. The summed E-state index contributed by atoms with van der Waals surface area (Å²) in [4.78, 5) is 9.14. The Morgan fingerprint density at radius 1 is 1.15 bits per heavy atom. The van der Waals surface area contributed by atoms with Crippen molar-refractivity contribution in [2.75, 3.05) is 6.54 Å². The molecular formula is C17H29N3. The minimum Gasteiger partial charge on any atom is -0.307 e. The van der Waals surface area contributed by atoms with Crippen LogP contribution in [0.3, 0.4) is 0 Å². The molecule has 1 aromatic rings. The second-order valence-electron chi connectivity index (χ2n) is 6.24. The second kappa shape index (κ2) is 7.72. The summed E-state index contributed by atoms with van der Waals surface area (Å²) in [6.07, 6.45) is 11.8. The predicted octanol–water partition coefficient (Wildman–Crippen LogP) is 4.04. The first-order chi connectivity index (χ1) is 9.74. The standard InChI is InChI=1S/C17H29N3/c1-4-10-18-16(17-19-11-13(3)12-20-17)15-8-6-14(5-2)7-9-15/h11-12,14-16,18H,4-10H2,1-3H3. The van der Waals surface area contributed by atoms with Crippen LogP contribution in [0.25, 0.3) is 0 Å². The molecule has 0 bridgehead atoms. The number of rotatable bonds is 6. The van der Waals surface area contributed by atoms with Crippen molar-refractivity contribution in [3.05, 3.63) is 23.8 Å². The van der Waals surface area contributed by atoms with Crippen molar-refractivity contribution in [1.29, 1.82) is 0 Å². The maximum absolute atomic E-state index is 4.57. The molecule has 1 fully saturated rings. The molecule has 2 rings (SSSR count). The van der Waals surface area contributed by atoms with Crippen LogP contribution in [0.2, 0.25) is 0 Å². The van der Waals surface area contributed by atoms with Crippen LogP contribution < -0.4 is 5.32 Å². The average molecular weight is 275 g/mol. The van der Waals surface area contributed by atoms with Gasteiger partial charge in [-0.1, -0.05) is 33.1 Å². The highest BCUT2D eigenvalue weighted by molar-refractivity contribution is 5.06. The van der Waals surface area contributed by atoms with Crippen LogP contribution in [0, 0.1) is 18.8 Å². The first kappa shape index (κ1) is 15.4. The van der Waals surface area contributed by atoms with E-state index in [0.717, 1.165) is 30.3 Å². The molecule has 1 heterocycles. The van der Waals surface area contributed by atoms with Crippen molar-refractivity contribution < 1.29 is 0 Å². The number of nitrogens with one attached hydrogen (secondary N) is 1. The first-order valence-corrected chi connectivity index (χ1v) is 8.26. The molecule has 1 unspecified atom stereocenters. The molecule has 1 saturated carbocycles. The van der Waals surface area contributed by atoms with Crippen LogP contribution in [-0.4, -0.2) is 16.5 Å². The molecule has 112 valence electrons. The number of aryl methyl sites for hydroxylation is 1. The molecule has 0 spiro atoms. The summed E-state index contributed by atoms with van der Waals surface area (Å²) in [5.41, 5.74) is 1.14. The fourth-order valence-corrected chi connectivity index (χ4v) is 3.26. The van der Waals surface area contributed by atoms with Crippen molar-refractivity contribution in [3.63, 3.8) is 0 Å². The number of hydrogen-bond donors (Lipinski definition) is 1. The molecule has 0 aliphatic heterocycles. The summed E-state index contributed by atoms with van der Waals surface area (Å²) in [5, 5.41) is 3.68. The molecule has 0 radical (unpaired) electrons. The van der Waals surface area contributed by atoms with Gasteiger partial charge < -0.3 is 5.32 Å². The van der Waals surface area contributed by atoms with Crippen LogP contribution >= 0.6 is 0 Å². The van der Waals surface area contributed by atoms with Gasteiger partial charge in [-0.05, 0) is 50.1 Å². The van der Waals surface area contributed by atoms with Gasteiger partial charge in [0.2, 0.25) is 0 Å². The van der Waals surface area contributed by atoms with E-state index >= 15 is 0 Å². The van der Waals surface area contributed by atoms with Gasteiger partial charge in [-0.3, -0.25) is 0 Å². The fourth-order valence-electron chi connectivity index (χ4n) is 3.26. The van der Waals surface area contributed by atoms with Crippen LogP contribution in [0.1, 0.15) is 69.8 Å². The first-order valence-electron chi connectivity index (χ1n) is 8.26. The lowest BCUT2D eigenvalue weighted by molar-refractivity contribution is 0.213. The zero-order valence-electron chi connectivity index (χ0n) is 13.2. The lowest BCUT2D eigenvalue weighted by atomic mass is 9.77. The Morgan fingerprint density at radius 2 is 1.80 bits per heavy atom. The third-order valence-corrected chi connectivity index (χ3v) is 4.63. The average Bonchev–Trinajstić information content (AvgIpc) is 2.50. The third kappa shape index (κ3) is 4.02. The zero-order valence-corrected chi connectivity index (χ0v) is 13.2. The van der Waals surface area contributed by atoms with Crippen molar-refractivity contribution in [2.45, 2.75) is 65.3 Å². The lowest BCUT2D eigenvalue weighted by Gasteiger charge is -2.33. The summed E-state index contributed by atoms with van der Waals surface area (Å²) >= 11 is 0. The van der Waals surface area contributed by atoms with E-state index in [4.69, 9.17) is 0 Å². The van der Waals surface area contributed by atoms with Gasteiger partial charge >= 0.3 is 0 Å². The summed E-state index contributed by atoms with van der Waals surface area (Å²) in [6.45, 7) is 7.63. The Kier molecular flexibility index (Phi) is 5.96. The van der Waals surface area contributed by atoms with Crippen molar-refractivity contribution >= 4 is 0 Å². The van der Waals surface area contributed by atoms with E-state index in [-0.39, 0.29) is 0 Å². The molecule has 0 aromatic carbocycles. The molecular weight excluding hydrogens is 246 g/mol. The SMILES string of the molecule is CCCNC(c1ncc(C)cn1)C1CCC(CC)CC1. The van der Waals surface area contributed by atoms with Gasteiger partial charge in [-0.2, -0.15) is 0 Å². The predicted molar refractivity (Wildman–Crippen MR) is 83.5 cm³/mol. The largest absolute Gasteiger partial charge is 0.307 e. The molecule has 1 aromatic heterocycles.